The summed E-state index contributed by atoms with van der Waals surface area (Å²) in [6, 6.07) is 0. The molecule has 2 N–H and O–H groups in total. The van der Waals surface area contributed by atoms with Crippen LogP contribution in [0, 0.1) is 11.8 Å². The molecule has 0 aromatic rings. The highest BCUT2D eigenvalue weighted by atomic mass is 32.2. The minimum absolute atomic E-state index is 0.00630. The molecule has 0 spiro atoms. The van der Waals surface area contributed by atoms with Gasteiger partial charge in [-0.15, -0.1) is 0 Å². The minimum Gasteiger partial charge on any atom is -0.481 e. The van der Waals surface area contributed by atoms with Gasteiger partial charge < -0.3 is 5.11 Å². The second-order valence-corrected chi connectivity index (χ2v) is 7.51. The van der Waals surface area contributed by atoms with Crippen LogP contribution in [0.3, 0.4) is 0 Å². The van der Waals surface area contributed by atoms with Crippen LogP contribution < -0.4 is 4.72 Å². The van der Waals surface area contributed by atoms with Crippen LogP contribution in [-0.2, 0) is 14.8 Å². The average Bonchev–Trinajstić information content (AvgIpc) is 2.77. The molecule has 1 fully saturated rings. The number of nitrogens with one attached hydrogen (secondary N) is 1. The summed E-state index contributed by atoms with van der Waals surface area (Å²) in [5.41, 5.74) is 0. The Balaban J connectivity index is 2.53. The Morgan fingerprint density at radius 1 is 1.33 bits per heavy atom. The van der Waals surface area contributed by atoms with Gasteiger partial charge in [-0.05, 0) is 25.2 Å². The van der Waals surface area contributed by atoms with Gasteiger partial charge in [0, 0.05) is 6.54 Å². The SMILES string of the molecule is CC(C)CC(CNS(=O)(=O)C1CCCC1)C(=O)O. The van der Waals surface area contributed by atoms with Gasteiger partial charge in [-0.25, -0.2) is 13.1 Å². The predicted molar refractivity (Wildman–Crippen MR) is 69.8 cm³/mol. The van der Waals surface area contributed by atoms with Crippen molar-refractivity contribution in [2.24, 2.45) is 11.8 Å². The molecule has 1 aliphatic rings. The van der Waals surface area contributed by atoms with E-state index in [1.54, 1.807) is 0 Å². The molecular formula is C12H23NO4S. The Morgan fingerprint density at radius 2 is 1.89 bits per heavy atom. The summed E-state index contributed by atoms with van der Waals surface area (Å²) in [7, 11) is -3.34. The van der Waals surface area contributed by atoms with E-state index in [1.165, 1.54) is 0 Å². The molecule has 0 aliphatic heterocycles. The van der Waals surface area contributed by atoms with Crippen molar-refractivity contribution in [3.8, 4) is 0 Å². The number of sulfonamides is 1. The fourth-order valence-electron chi connectivity index (χ4n) is 2.37. The van der Waals surface area contributed by atoms with Crippen LogP contribution >= 0.6 is 0 Å². The smallest absolute Gasteiger partial charge is 0.307 e. The van der Waals surface area contributed by atoms with E-state index in [0.29, 0.717) is 19.3 Å². The predicted octanol–water partition coefficient (Wildman–Crippen LogP) is 1.60. The Labute approximate surface area is 109 Å². The van der Waals surface area contributed by atoms with Gasteiger partial charge in [0.25, 0.3) is 0 Å². The number of rotatable bonds is 7. The molecule has 1 saturated carbocycles. The van der Waals surface area contributed by atoms with Crippen molar-refractivity contribution >= 4 is 16.0 Å². The summed E-state index contributed by atoms with van der Waals surface area (Å²) in [5.74, 6) is -1.33. The van der Waals surface area contributed by atoms with Crippen LogP contribution in [0.5, 0.6) is 0 Å². The molecule has 0 amide bonds. The molecule has 1 unspecified atom stereocenters. The maximum atomic E-state index is 11.9. The van der Waals surface area contributed by atoms with Gasteiger partial charge in [0.15, 0.2) is 0 Å². The topological polar surface area (TPSA) is 83.5 Å². The molecule has 5 nitrogen and oxygen atoms in total. The number of aliphatic carboxylic acids is 1. The highest BCUT2D eigenvalue weighted by molar-refractivity contribution is 7.90. The van der Waals surface area contributed by atoms with Gasteiger partial charge in [0.2, 0.25) is 10.0 Å². The molecule has 0 aromatic heterocycles. The molecule has 1 atom stereocenters. The van der Waals surface area contributed by atoms with Crippen molar-refractivity contribution in [3.63, 3.8) is 0 Å². The summed E-state index contributed by atoms with van der Waals surface area (Å²) in [4.78, 5) is 11.0. The van der Waals surface area contributed by atoms with Crippen LogP contribution in [0.4, 0.5) is 0 Å². The van der Waals surface area contributed by atoms with Crippen molar-refractivity contribution in [1.82, 2.24) is 4.72 Å². The first-order valence-electron chi connectivity index (χ1n) is 6.54. The molecule has 0 aromatic carbocycles. The van der Waals surface area contributed by atoms with Crippen molar-refractivity contribution in [3.05, 3.63) is 0 Å². The highest BCUT2D eigenvalue weighted by Gasteiger charge is 2.30. The van der Waals surface area contributed by atoms with Gasteiger partial charge >= 0.3 is 5.97 Å². The second-order valence-electron chi connectivity index (χ2n) is 5.46. The minimum atomic E-state index is -3.34. The van der Waals surface area contributed by atoms with Crippen molar-refractivity contribution in [2.75, 3.05) is 6.54 Å². The molecule has 0 saturated heterocycles. The fraction of sp³-hybridized carbons (Fsp3) is 0.917. The van der Waals surface area contributed by atoms with E-state index in [2.05, 4.69) is 4.72 Å². The third-order valence-electron chi connectivity index (χ3n) is 3.38. The van der Waals surface area contributed by atoms with Gasteiger partial charge in [-0.1, -0.05) is 26.7 Å². The molecule has 0 radical (unpaired) electrons. The van der Waals surface area contributed by atoms with E-state index in [-0.39, 0.29) is 17.7 Å². The summed E-state index contributed by atoms with van der Waals surface area (Å²) >= 11 is 0. The lowest BCUT2D eigenvalue weighted by molar-refractivity contribution is -0.142. The van der Waals surface area contributed by atoms with Crippen molar-refractivity contribution in [1.29, 1.82) is 0 Å². The van der Waals surface area contributed by atoms with Crippen LogP contribution in [0.25, 0.3) is 0 Å². The molecule has 6 heteroatoms. The number of carbonyl (C=O) groups is 1. The summed E-state index contributed by atoms with van der Waals surface area (Å²) in [6.07, 6.45) is 3.76. The van der Waals surface area contributed by atoms with Crippen LogP contribution in [-0.4, -0.2) is 31.3 Å². The zero-order valence-corrected chi connectivity index (χ0v) is 11.9. The molecule has 106 valence electrons. The first-order chi connectivity index (χ1) is 8.33. The van der Waals surface area contributed by atoms with Crippen molar-refractivity contribution in [2.45, 2.75) is 51.2 Å². The van der Waals surface area contributed by atoms with Gasteiger partial charge in [-0.2, -0.15) is 0 Å². The lowest BCUT2D eigenvalue weighted by atomic mass is 9.98. The quantitative estimate of drug-likeness (QED) is 0.740. The Hall–Kier alpha value is -0.620. The largest absolute Gasteiger partial charge is 0.481 e. The molecule has 0 bridgehead atoms. The van der Waals surface area contributed by atoms with E-state index >= 15 is 0 Å². The van der Waals surface area contributed by atoms with E-state index in [4.69, 9.17) is 5.11 Å². The van der Waals surface area contributed by atoms with Gasteiger partial charge in [0.05, 0.1) is 11.2 Å². The zero-order valence-electron chi connectivity index (χ0n) is 11.1. The maximum Gasteiger partial charge on any atom is 0.307 e. The van der Waals surface area contributed by atoms with Gasteiger partial charge in [0.1, 0.15) is 0 Å². The number of carboxylic acid groups (broad SMARTS) is 1. The van der Waals surface area contributed by atoms with E-state index in [1.807, 2.05) is 13.8 Å². The molecular weight excluding hydrogens is 254 g/mol. The molecule has 0 heterocycles. The Morgan fingerprint density at radius 3 is 2.33 bits per heavy atom. The van der Waals surface area contributed by atoms with Gasteiger partial charge in [-0.3, -0.25) is 4.79 Å². The first-order valence-corrected chi connectivity index (χ1v) is 8.09. The third-order valence-corrected chi connectivity index (χ3v) is 5.30. The highest BCUT2D eigenvalue weighted by Crippen LogP contribution is 2.24. The third kappa shape index (κ3) is 4.57. The number of hydrogen-bond acceptors (Lipinski definition) is 3. The number of carboxylic acids is 1. The number of hydrogen-bond donors (Lipinski definition) is 2. The lowest BCUT2D eigenvalue weighted by Gasteiger charge is -2.17. The summed E-state index contributed by atoms with van der Waals surface area (Å²) in [5, 5.41) is 8.72. The standard InChI is InChI=1S/C12H23NO4S/c1-9(2)7-10(12(14)15)8-13-18(16,17)11-5-3-4-6-11/h9-11,13H,3-8H2,1-2H3,(H,14,15). The maximum absolute atomic E-state index is 11.9. The zero-order chi connectivity index (χ0) is 13.8. The Bertz CT molecular complexity index is 372. The average molecular weight is 277 g/mol. The van der Waals surface area contributed by atoms with Crippen LogP contribution in [0.1, 0.15) is 46.0 Å². The lowest BCUT2D eigenvalue weighted by Crippen LogP contribution is -2.38. The first kappa shape index (κ1) is 15.4. The monoisotopic (exact) mass is 277 g/mol. The molecule has 1 aliphatic carbocycles. The Kier molecular flexibility index (Phi) is 5.59. The van der Waals surface area contributed by atoms with Crippen LogP contribution in [0.2, 0.25) is 0 Å². The second kappa shape index (κ2) is 6.52. The fourth-order valence-corrected chi connectivity index (χ4v) is 4.00. The van der Waals surface area contributed by atoms with E-state index < -0.39 is 21.9 Å². The van der Waals surface area contributed by atoms with Crippen molar-refractivity contribution < 1.29 is 18.3 Å². The molecule has 18 heavy (non-hydrogen) atoms. The van der Waals surface area contributed by atoms with E-state index in [0.717, 1.165) is 12.8 Å². The normalized spacial score (nSPS) is 19.3. The summed E-state index contributed by atoms with van der Waals surface area (Å²) < 4.78 is 26.4. The summed E-state index contributed by atoms with van der Waals surface area (Å²) in [6.45, 7) is 3.87. The van der Waals surface area contributed by atoms with E-state index in [9.17, 15) is 13.2 Å². The van der Waals surface area contributed by atoms with Crippen LogP contribution in [0.15, 0.2) is 0 Å². The molecule has 1 rings (SSSR count).